The fourth-order valence-corrected chi connectivity index (χ4v) is 3.85. The minimum atomic E-state index is 0.277. The van der Waals surface area contributed by atoms with Crippen molar-refractivity contribution < 1.29 is 0 Å². The molecule has 0 saturated carbocycles. The molecule has 1 N–H and O–H groups in total. The molecule has 1 fully saturated rings. The molecular weight excluding hydrogens is 336 g/mol. The molecule has 27 heavy (non-hydrogen) atoms. The summed E-state index contributed by atoms with van der Waals surface area (Å²) in [6, 6.07) is 10.6. The number of hydrogen-bond acceptors (Lipinski definition) is 4. The molecule has 0 radical (unpaired) electrons. The Morgan fingerprint density at radius 3 is 2.74 bits per heavy atom. The van der Waals surface area contributed by atoms with E-state index in [1.807, 2.05) is 23.1 Å². The van der Waals surface area contributed by atoms with Crippen molar-refractivity contribution in [1.82, 2.24) is 29.5 Å². The molecule has 1 aliphatic rings. The Bertz CT molecular complexity index is 879. The van der Waals surface area contributed by atoms with Crippen LogP contribution in [-0.2, 0) is 13.6 Å². The zero-order valence-corrected chi connectivity index (χ0v) is 16.3. The van der Waals surface area contributed by atoms with E-state index in [1.54, 1.807) is 0 Å². The Morgan fingerprint density at radius 2 is 2.04 bits per heavy atom. The summed E-state index contributed by atoms with van der Waals surface area (Å²) in [4.78, 5) is 7.13. The Morgan fingerprint density at radius 1 is 1.22 bits per heavy atom. The van der Waals surface area contributed by atoms with E-state index in [1.165, 1.54) is 11.3 Å². The number of nitrogens with zero attached hydrogens (tertiary/aromatic N) is 5. The Labute approximate surface area is 160 Å². The summed E-state index contributed by atoms with van der Waals surface area (Å²) in [6.07, 6.45) is 6.10. The number of rotatable bonds is 5. The van der Waals surface area contributed by atoms with Crippen LogP contribution in [-0.4, -0.2) is 43.9 Å². The van der Waals surface area contributed by atoms with Crippen LogP contribution in [0.15, 0.2) is 48.9 Å². The van der Waals surface area contributed by atoms with E-state index in [9.17, 15) is 0 Å². The largest absolute Gasteiger partial charge is 0.337 e. The summed E-state index contributed by atoms with van der Waals surface area (Å²) in [5, 5.41) is 8.42. The molecular formula is C21H28N6. The molecule has 0 amide bonds. The molecule has 3 heterocycles. The molecule has 0 bridgehead atoms. The molecule has 1 atom stereocenters. The summed E-state index contributed by atoms with van der Waals surface area (Å²) >= 11 is 0. The monoisotopic (exact) mass is 364 g/mol. The van der Waals surface area contributed by atoms with Crippen molar-refractivity contribution >= 4 is 0 Å². The highest BCUT2D eigenvalue weighted by molar-refractivity contribution is 5.33. The van der Waals surface area contributed by atoms with Gasteiger partial charge in [-0.25, -0.2) is 9.67 Å². The van der Waals surface area contributed by atoms with Gasteiger partial charge in [-0.05, 0) is 18.1 Å². The lowest BCUT2D eigenvalue weighted by molar-refractivity contribution is 0.144. The van der Waals surface area contributed by atoms with Crippen LogP contribution in [0.5, 0.6) is 0 Å². The zero-order chi connectivity index (χ0) is 18.8. The third-order valence-electron chi connectivity index (χ3n) is 5.27. The van der Waals surface area contributed by atoms with E-state index in [0.717, 1.165) is 37.7 Å². The summed E-state index contributed by atoms with van der Waals surface area (Å²) < 4.78 is 4.14. The molecule has 1 unspecified atom stereocenters. The second-order valence-corrected chi connectivity index (χ2v) is 7.56. The second kappa shape index (κ2) is 7.66. The SMILES string of the molecule is CC(C)c1nn(-c2ccccc2)cc1CN1CCNCC1c1nccn1C. The van der Waals surface area contributed by atoms with Crippen molar-refractivity contribution in [2.24, 2.45) is 7.05 Å². The second-order valence-electron chi connectivity index (χ2n) is 7.56. The lowest BCUT2D eigenvalue weighted by Crippen LogP contribution is -2.46. The van der Waals surface area contributed by atoms with Crippen LogP contribution < -0.4 is 5.32 Å². The van der Waals surface area contributed by atoms with Crippen LogP contribution >= 0.6 is 0 Å². The van der Waals surface area contributed by atoms with Gasteiger partial charge in [0.15, 0.2) is 0 Å². The molecule has 3 aromatic rings. The summed E-state index contributed by atoms with van der Waals surface area (Å²) in [5.74, 6) is 1.50. The van der Waals surface area contributed by atoms with Gasteiger partial charge in [0.2, 0.25) is 0 Å². The minimum absolute atomic E-state index is 0.277. The summed E-state index contributed by atoms with van der Waals surface area (Å²) in [7, 11) is 2.07. The van der Waals surface area contributed by atoms with Crippen LogP contribution in [0.2, 0.25) is 0 Å². The van der Waals surface area contributed by atoms with Gasteiger partial charge < -0.3 is 9.88 Å². The van der Waals surface area contributed by atoms with Crippen molar-refractivity contribution in [3.63, 3.8) is 0 Å². The Hall–Kier alpha value is -2.44. The van der Waals surface area contributed by atoms with E-state index >= 15 is 0 Å². The van der Waals surface area contributed by atoms with Gasteiger partial charge in [0.1, 0.15) is 5.82 Å². The number of benzene rings is 1. The van der Waals surface area contributed by atoms with Gasteiger partial charge in [-0.2, -0.15) is 5.10 Å². The molecule has 6 nitrogen and oxygen atoms in total. The number of imidazole rings is 1. The van der Waals surface area contributed by atoms with Gasteiger partial charge in [0, 0.05) is 57.4 Å². The maximum Gasteiger partial charge on any atom is 0.127 e. The summed E-state index contributed by atoms with van der Waals surface area (Å²) in [5.41, 5.74) is 3.58. The normalized spacial score (nSPS) is 18.3. The molecule has 4 rings (SSSR count). The molecule has 0 spiro atoms. The van der Waals surface area contributed by atoms with Gasteiger partial charge >= 0.3 is 0 Å². The first kappa shape index (κ1) is 17.9. The van der Waals surface area contributed by atoms with Crippen molar-refractivity contribution in [3.05, 3.63) is 66.0 Å². The lowest BCUT2D eigenvalue weighted by Gasteiger charge is -2.35. The van der Waals surface area contributed by atoms with Crippen LogP contribution in [0.4, 0.5) is 0 Å². The lowest BCUT2D eigenvalue weighted by atomic mass is 10.0. The van der Waals surface area contributed by atoms with Gasteiger partial charge in [-0.1, -0.05) is 32.0 Å². The molecule has 0 aliphatic carbocycles. The highest BCUT2D eigenvalue weighted by Crippen LogP contribution is 2.26. The van der Waals surface area contributed by atoms with Crippen LogP contribution in [0.1, 0.15) is 42.9 Å². The maximum atomic E-state index is 4.90. The third kappa shape index (κ3) is 3.68. The van der Waals surface area contributed by atoms with Crippen molar-refractivity contribution in [2.75, 3.05) is 19.6 Å². The maximum absolute atomic E-state index is 4.90. The summed E-state index contributed by atoms with van der Waals surface area (Å²) in [6.45, 7) is 8.26. The topological polar surface area (TPSA) is 50.9 Å². The van der Waals surface area contributed by atoms with Crippen molar-refractivity contribution in [2.45, 2.75) is 32.4 Å². The van der Waals surface area contributed by atoms with Gasteiger partial charge in [-0.15, -0.1) is 0 Å². The number of piperazine rings is 1. The van der Waals surface area contributed by atoms with E-state index in [4.69, 9.17) is 5.10 Å². The predicted molar refractivity (Wildman–Crippen MR) is 107 cm³/mol. The van der Waals surface area contributed by atoms with Gasteiger partial charge in [0.05, 0.1) is 17.4 Å². The molecule has 142 valence electrons. The highest BCUT2D eigenvalue weighted by Gasteiger charge is 2.28. The molecule has 2 aromatic heterocycles. The fourth-order valence-electron chi connectivity index (χ4n) is 3.85. The molecule has 1 saturated heterocycles. The van der Waals surface area contributed by atoms with E-state index in [0.29, 0.717) is 5.92 Å². The van der Waals surface area contributed by atoms with E-state index in [-0.39, 0.29) is 6.04 Å². The first-order valence-corrected chi connectivity index (χ1v) is 9.69. The number of hydrogen-bond donors (Lipinski definition) is 1. The van der Waals surface area contributed by atoms with Crippen LogP contribution in [0.3, 0.4) is 0 Å². The first-order valence-electron chi connectivity index (χ1n) is 9.69. The quantitative estimate of drug-likeness (QED) is 0.756. The number of nitrogens with one attached hydrogen (secondary N) is 1. The van der Waals surface area contributed by atoms with Gasteiger partial charge in [0.25, 0.3) is 0 Å². The average Bonchev–Trinajstić information content (AvgIpc) is 3.29. The standard InChI is InChI=1S/C21H28N6/c1-16(2)20-17(15-27(24-20)18-7-5-4-6-8-18)14-26-12-9-22-13-19(26)21-23-10-11-25(21)3/h4-8,10-11,15-16,19,22H,9,12-14H2,1-3H3. The van der Waals surface area contributed by atoms with Crippen LogP contribution in [0, 0.1) is 0 Å². The fraction of sp³-hybridized carbons (Fsp3) is 0.429. The number of aromatic nitrogens is 4. The number of aryl methyl sites for hydroxylation is 1. The number of para-hydroxylation sites is 1. The first-order chi connectivity index (χ1) is 13.1. The third-order valence-corrected chi connectivity index (χ3v) is 5.27. The molecule has 6 heteroatoms. The van der Waals surface area contributed by atoms with Crippen molar-refractivity contribution in [3.8, 4) is 5.69 Å². The predicted octanol–water partition coefficient (Wildman–Crippen LogP) is 2.88. The van der Waals surface area contributed by atoms with E-state index < -0.39 is 0 Å². The van der Waals surface area contributed by atoms with E-state index in [2.05, 4.69) is 71.1 Å². The highest BCUT2D eigenvalue weighted by atomic mass is 15.3. The Kier molecular flexibility index (Phi) is 5.09. The smallest absolute Gasteiger partial charge is 0.127 e. The van der Waals surface area contributed by atoms with Crippen LogP contribution in [0.25, 0.3) is 5.69 Å². The van der Waals surface area contributed by atoms with Gasteiger partial charge in [-0.3, -0.25) is 4.90 Å². The van der Waals surface area contributed by atoms with Crippen molar-refractivity contribution in [1.29, 1.82) is 0 Å². The minimum Gasteiger partial charge on any atom is -0.337 e. The molecule has 1 aliphatic heterocycles. The molecule has 1 aromatic carbocycles. The average molecular weight is 364 g/mol. The zero-order valence-electron chi connectivity index (χ0n) is 16.3. The Balaban J connectivity index is 1.64.